The summed E-state index contributed by atoms with van der Waals surface area (Å²) in [7, 11) is 0. The highest BCUT2D eigenvalue weighted by Gasteiger charge is 2.20. The molecule has 2 aromatic rings. The number of nitrogens with one attached hydrogen (secondary N) is 2. The Morgan fingerprint density at radius 3 is 2.78 bits per heavy atom. The molecule has 1 aliphatic rings. The number of halogens is 1. The average molecular weight is 430 g/mol. The van der Waals surface area contributed by atoms with Crippen molar-refractivity contribution in [2.75, 3.05) is 17.2 Å². The van der Waals surface area contributed by atoms with Gasteiger partial charge in [-0.25, -0.2) is 0 Å². The van der Waals surface area contributed by atoms with Crippen LogP contribution in [-0.2, 0) is 16.1 Å². The van der Waals surface area contributed by atoms with Gasteiger partial charge in [-0.15, -0.1) is 0 Å². The van der Waals surface area contributed by atoms with Gasteiger partial charge in [0, 0.05) is 29.7 Å². The molecule has 0 aliphatic carbocycles. The fourth-order valence-electron chi connectivity index (χ4n) is 3.13. The predicted molar refractivity (Wildman–Crippen MR) is 112 cm³/mol. The van der Waals surface area contributed by atoms with E-state index in [1.54, 1.807) is 0 Å². The summed E-state index contributed by atoms with van der Waals surface area (Å²) in [6, 6.07) is 13.3. The number of hydrogen-bond donors (Lipinski definition) is 2. The van der Waals surface area contributed by atoms with Crippen LogP contribution in [0.25, 0.3) is 0 Å². The molecule has 5 nitrogen and oxygen atoms in total. The smallest absolute Gasteiger partial charge is 0.246 e. The van der Waals surface area contributed by atoms with Crippen molar-refractivity contribution >= 4 is 39.1 Å². The molecule has 27 heavy (non-hydrogen) atoms. The summed E-state index contributed by atoms with van der Waals surface area (Å²) in [4.78, 5) is 26.2. The molecular weight excluding hydrogens is 406 g/mol. The van der Waals surface area contributed by atoms with Crippen molar-refractivity contribution in [3.8, 4) is 0 Å². The molecule has 1 fully saturated rings. The molecule has 0 spiro atoms. The third kappa shape index (κ3) is 5.10. The molecule has 3 rings (SSSR count). The first kappa shape index (κ1) is 19.4. The number of amides is 2. The van der Waals surface area contributed by atoms with Gasteiger partial charge < -0.3 is 15.5 Å². The van der Waals surface area contributed by atoms with Crippen LogP contribution in [0, 0.1) is 6.92 Å². The summed E-state index contributed by atoms with van der Waals surface area (Å²) in [6.07, 6.45) is 1.58. The summed E-state index contributed by atoms with van der Waals surface area (Å²) >= 11 is 3.48. The highest BCUT2D eigenvalue weighted by molar-refractivity contribution is 9.10. The second-order valence-electron chi connectivity index (χ2n) is 6.96. The van der Waals surface area contributed by atoms with E-state index in [1.165, 1.54) is 0 Å². The molecule has 1 unspecified atom stereocenters. The number of carbonyl (C=O) groups is 2. The normalized spacial score (nSPS) is 14.9. The minimum atomic E-state index is -0.401. The summed E-state index contributed by atoms with van der Waals surface area (Å²) in [5.74, 6) is 0.101. The lowest BCUT2D eigenvalue weighted by Gasteiger charge is -2.18. The first-order chi connectivity index (χ1) is 12.9. The Kier molecular flexibility index (Phi) is 6.16. The molecular formula is C21H24BrN3O2. The SMILES string of the molecule is Cc1ccc(NC(=O)C(C)Nc2cccc(CN3CCCC3=O)c2)c(Br)c1. The molecule has 0 saturated carbocycles. The molecule has 2 aromatic carbocycles. The number of benzene rings is 2. The van der Waals surface area contributed by atoms with Crippen LogP contribution in [0.15, 0.2) is 46.9 Å². The Balaban J connectivity index is 1.61. The largest absolute Gasteiger partial charge is 0.374 e. The Labute approximate surface area is 168 Å². The number of nitrogens with zero attached hydrogens (tertiary/aromatic N) is 1. The minimum Gasteiger partial charge on any atom is -0.374 e. The first-order valence-electron chi connectivity index (χ1n) is 9.12. The maximum Gasteiger partial charge on any atom is 0.246 e. The van der Waals surface area contributed by atoms with Crippen LogP contribution in [0.3, 0.4) is 0 Å². The van der Waals surface area contributed by atoms with Crippen molar-refractivity contribution in [3.05, 3.63) is 58.1 Å². The Morgan fingerprint density at radius 2 is 2.07 bits per heavy atom. The highest BCUT2D eigenvalue weighted by atomic mass is 79.9. The van der Waals surface area contributed by atoms with E-state index in [1.807, 2.05) is 61.2 Å². The third-order valence-corrected chi connectivity index (χ3v) is 5.29. The topological polar surface area (TPSA) is 61.4 Å². The average Bonchev–Trinajstić information content (AvgIpc) is 3.02. The monoisotopic (exact) mass is 429 g/mol. The quantitative estimate of drug-likeness (QED) is 0.718. The molecule has 1 atom stereocenters. The van der Waals surface area contributed by atoms with Gasteiger partial charge in [0.15, 0.2) is 0 Å². The zero-order chi connectivity index (χ0) is 19.4. The second kappa shape index (κ2) is 8.57. The van der Waals surface area contributed by atoms with Gasteiger partial charge >= 0.3 is 0 Å². The molecule has 6 heteroatoms. The van der Waals surface area contributed by atoms with Crippen LogP contribution >= 0.6 is 15.9 Å². The molecule has 1 aliphatic heterocycles. The van der Waals surface area contributed by atoms with E-state index in [0.29, 0.717) is 13.0 Å². The van der Waals surface area contributed by atoms with Crippen LogP contribution < -0.4 is 10.6 Å². The minimum absolute atomic E-state index is 0.111. The van der Waals surface area contributed by atoms with Crippen molar-refractivity contribution < 1.29 is 9.59 Å². The van der Waals surface area contributed by atoms with Gasteiger partial charge in [0.05, 0.1) is 5.69 Å². The molecule has 0 aromatic heterocycles. The molecule has 2 amide bonds. The molecule has 142 valence electrons. The van der Waals surface area contributed by atoms with Crippen molar-refractivity contribution in [1.29, 1.82) is 0 Å². The van der Waals surface area contributed by atoms with Crippen LogP contribution in [0.5, 0.6) is 0 Å². The Bertz CT molecular complexity index is 853. The molecule has 2 N–H and O–H groups in total. The summed E-state index contributed by atoms with van der Waals surface area (Å²) in [6.45, 7) is 5.27. The Hall–Kier alpha value is -2.34. The number of aryl methyl sites for hydroxylation is 1. The number of hydrogen-bond acceptors (Lipinski definition) is 3. The standard InChI is InChI=1S/C21H24BrN3O2/c1-14-8-9-19(18(22)11-14)24-21(27)15(2)23-17-6-3-5-16(12-17)13-25-10-4-7-20(25)26/h3,5-6,8-9,11-12,15,23H,4,7,10,13H2,1-2H3,(H,24,27). The van der Waals surface area contributed by atoms with Gasteiger partial charge in [0.25, 0.3) is 0 Å². The van der Waals surface area contributed by atoms with E-state index >= 15 is 0 Å². The van der Waals surface area contributed by atoms with E-state index in [4.69, 9.17) is 0 Å². The maximum atomic E-state index is 12.5. The summed E-state index contributed by atoms with van der Waals surface area (Å²) in [5.41, 5.74) is 3.80. The maximum absolute atomic E-state index is 12.5. The fourth-order valence-corrected chi connectivity index (χ4v) is 3.72. The van der Waals surface area contributed by atoms with E-state index in [-0.39, 0.29) is 11.8 Å². The highest BCUT2D eigenvalue weighted by Crippen LogP contribution is 2.24. The number of rotatable bonds is 6. The Morgan fingerprint density at radius 1 is 1.26 bits per heavy atom. The van der Waals surface area contributed by atoms with Crippen molar-refractivity contribution in [2.45, 2.75) is 39.3 Å². The number of likely N-dealkylation sites (tertiary alicyclic amines) is 1. The van der Waals surface area contributed by atoms with Crippen molar-refractivity contribution in [1.82, 2.24) is 4.90 Å². The first-order valence-corrected chi connectivity index (χ1v) is 9.92. The van der Waals surface area contributed by atoms with Gasteiger partial charge in [-0.05, 0) is 71.6 Å². The second-order valence-corrected chi connectivity index (χ2v) is 7.81. The third-order valence-electron chi connectivity index (χ3n) is 4.63. The van der Waals surface area contributed by atoms with Gasteiger partial charge in [-0.1, -0.05) is 18.2 Å². The zero-order valence-electron chi connectivity index (χ0n) is 15.6. The van der Waals surface area contributed by atoms with Gasteiger partial charge in [-0.3, -0.25) is 9.59 Å². The van der Waals surface area contributed by atoms with Crippen LogP contribution in [0.4, 0.5) is 11.4 Å². The van der Waals surface area contributed by atoms with E-state index in [0.717, 1.165) is 39.9 Å². The van der Waals surface area contributed by atoms with E-state index in [2.05, 4.69) is 26.6 Å². The summed E-state index contributed by atoms with van der Waals surface area (Å²) in [5, 5.41) is 6.17. The zero-order valence-corrected chi connectivity index (χ0v) is 17.2. The molecule has 0 radical (unpaired) electrons. The van der Waals surface area contributed by atoms with Crippen LogP contribution in [0.2, 0.25) is 0 Å². The van der Waals surface area contributed by atoms with Gasteiger partial charge in [0.2, 0.25) is 11.8 Å². The number of anilines is 2. The molecule has 0 bridgehead atoms. The lowest BCUT2D eigenvalue weighted by molar-refractivity contribution is -0.128. The molecule has 1 heterocycles. The van der Waals surface area contributed by atoms with Gasteiger partial charge in [0.1, 0.15) is 6.04 Å². The van der Waals surface area contributed by atoms with Crippen LogP contribution in [0.1, 0.15) is 30.9 Å². The lowest BCUT2D eigenvalue weighted by Crippen LogP contribution is -2.32. The van der Waals surface area contributed by atoms with Crippen molar-refractivity contribution in [2.24, 2.45) is 0 Å². The van der Waals surface area contributed by atoms with Crippen molar-refractivity contribution in [3.63, 3.8) is 0 Å². The fraction of sp³-hybridized carbons (Fsp3) is 0.333. The summed E-state index contributed by atoms with van der Waals surface area (Å²) < 4.78 is 0.861. The number of carbonyl (C=O) groups excluding carboxylic acids is 2. The van der Waals surface area contributed by atoms with Gasteiger partial charge in [-0.2, -0.15) is 0 Å². The molecule has 1 saturated heterocycles. The van der Waals surface area contributed by atoms with Crippen LogP contribution in [-0.4, -0.2) is 29.3 Å². The lowest BCUT2D eigenvalue weighted by atomic mass is 10.1. The van der Waals surface area contributed by atoms with E-state index < -0.39 is 6.04 Å². The predicted octanol–water partition coefficient (Wildman–Crippen LogP) is 4.32. The van der Waals surface area contributed by atoms with E-state index in [9.17, 15) is 9.59 Å².